The molecule has 0 bridgehead atoms. The van der Waals surface area contributed by atoms with Gasteiger partial charge in [-0.25, -0.2) is 8.42 Å². The Morgan fingerprint density at radius 3 is 1.94 bits per heavy atom. The standard InChI is InChI=1S/C41H49N3O4S/c1-30(2)35-21-23-37(24-22-35)44(49(47,48)38-25-17-32(4)18-26-38)29-40(45)43(28-34-19-15-31(3)16-20-34)39(27-33-11-7-5-8-12-33)41(46)42-36-13-9-6-10-14-36/h5,7-8,11-12,15-26,30,36,39H,6,9-10,13-14,27-29H2,1-4H3,(H,42,46). The van der Waals surface area contributed by atoms with Crippen LogP contribution in [0.25, 0.3) is 0 Å². The smallest absolute Gasteiger partial charge is 0.264 e. The number of hydrogen-bond acceptors (Lipinski definition) is 4. The van der Waals surface area contributed by atoms with Crippen LogP contribution in [-0.2, 0) is 32.6 Å². The summed E-state index contributed by atoms with van der Waals surface area (Å²) < 4.78 is 29.9. The molecule has 0 radical (unpaired) electrons. The summed E-state index contributed by atoms with van der Waals surface area (Å²) in [6.45, 7) is 7.74. The van der Waals surface area contributed by atoms with Gasteiger partial charge in [-0.05, 0) is 73.6 Å². The van der Waals surface area contributed by atoms with Crippen LogP contribution in [0.3, 0.4) is 0 Å². The molecule has 1 unspecified atom stereocenters. The third-order valence-corrected chi connectivity index (χ3v) is 11.2. The van der Waals surface area contributed by atoms with E-state index >= 15 is 0 Å². The molecule has 8 heteroatoms. The average Bonchev–Trinajstić information content (AvgIpc) is 3.10. The predicted octanol–water partition coefficient (Wildman–Crippen LogP) is 7.71. The second-order valence-corrected chi connectivity index (χ2v) is 15.5. The monoisotopic (exact) mass is 679 g/mol. The summed E-state index contributed by atoms with van der Waals surface area (Å²) in [5.74, 6) is -0.418. The summed E-state index contributed by atoms with van der Waals surface area (Å²) >= 11 is 0. The Kier molecular flexibility index (Phi) is 11.9. The van der Waals surface area contributed by atoms with Gasteiger partial charge in [0.15, 0.2) is 0 Å². The summed E-state index contributed by atoms with van der Waals surface area (Å²) in [6.07, 6.45) is 5.38. The van der Waals surface area contributed by atoms with Crippen molar-refractivity contribution in [2.45, 2.75) is 95.7 Å². The quantitative estimate of drug-likeness (QED) is 0.157. The number of benzene rings is 4. The molecule has 0 aliphatic heterocycles. The number of nitrogens with zero attached hydrogens (tertiary/aromatic N) is 2. The van der Waals surface area contributed by atoms with E-state index in [1.807, 2.05) is 80.6 Å². The van der Waals surface area contributed by atoms with Crippen LogP contribution in [0.4, 0.5) is 5.69 Å². The van der Waals surface area contributed by atoms with Crippen LogP contribution < -0.4 is 9.62 Å². The second-order valence-electron chi connectivity index (χ2n) is 13.6. The van der Waals surface area contributed by atoms with Crippen LogP contribution in [0.2, 0.25) is 0 Å². The molecule has 1 N–H and O–H groups in total. The van der Waals surface area contributed by atoms with Gasteiger partial charge in [-0.1, -0.05) is 123 Å². The van der Waals surface area contributed by atoms with E-state index in [0.717, 1.165) is 59.9 Å². The number of sulfonamides is 1. The second kappa shape index (κ2) is 16.3. The minimum absolute atomic E-state index is 0.0498. The Labute approximate surface area is 292 Å². The number of amides is 2. The zero-order valence-electron chi connectivity index (χ0n) is 29.1. The zero-order valence-corrected chi connectivity index (χ0v) is 30.0. The van der Waals surface area contributed by atoms with E-state index in [0.29, 0.717) is 12.1 Å². The first-order chi connectivity index (χ1) is 23.5. The molecule has 4 aromatic carbocycles. The zero-order chi connectivity index (χ0) is 35.0. The van der Waals surface area contributed by atoms with Crippen molar-refractivity contribution in [1.29, 1.82) is 0 Å². The van der Waals surface area contributed by atoms with E-state index in [2.05, 4.69) is 19.2 Å². The lowest BCUT2D eigenvalue weighted by molar-refractivity contribution is -0.140. The maximum atomic E-state index is 14.8. The number of anilines is 1. The van der Waals surface area contributed by atoms with Gasteiger partial charge >= 0.3 is 0 Å². The maximum absolute atomic E-state index is 14.8. The molecule has 1 aliphatic rings. The molecule has 0 saturated heterocycles. The summed E-state index contributed by atoms with van der Waals surface area (Å²) in [5.41, 5.74) is 5.24. The van der Waals surface area contributed by atoms with Gasteiger partial charge in [0.2, 0.25) is 11.8 Å². The van der Waals surface area contributed by atoms with Crippen molar-refractivity contribution < 1.29 is 18.0 Å². The summed E-state index contributed by atoms with van der Waals surface area (Å²) in [5, 5.41) is 3.27. The highest BCUT2D eigenvalue weighted by molar-refractivity contribution is 7.92. The Hall–Kier alpha value is -4.43. The fourth-order valence-corrected chi connectivity index (χ4v) is 7.79. The van der Waals surface area contributed by atoms with Crippen molar-refractivity contribution in [1.82, 2.24) is 10.2 Å². The minimum atomic E-state index is -4.15. The van der Waals surface area contributed by atoms with Crippen LogP contribution in [0, 0.1) is 13.8 Å². The first-order valence-electron chi connectivity index (χ1n) is 17.4. The third-order valence-electron chi connectivity index (χ3n) is 9.43. The molecule has 5 rings (SSSR count). The topological polar surface area (TPSA) is 86.8 Å². The van der Waals surface area contributed by atoms with Crippen molar-refractivity contribution >= 4 is 27.5 Å². The summed E-state index contributed by atoms with van der Waals surface area (Å²) in [7, 11) is -4.15. The maximum Gasteiger partial charge on any atom is 0.264 e. The van der Waals surface area contributed by atoms with E-state index in [-0.39, 0.29) is 29.3 Å². The first kappa shape index (κ1) is 35.9. The highest BCUT2D eigenvalue weighted by Gasteiger charge is 2.35. The first-order valence-corrected chi connectivity index (χ1v) is 18.8. The molecular formula is C41H49N3O4S. The predicted molar refractivity (Wildman–Crippen MR) is 197 cm³/mol. The number of aryl methyl sites for hydroxylation is 2. The average molecular weight is 680 g/mol. The third kappa shape index (κ3) is 9.38. The van der Waals surface area contributed by atoms with Gasteiger partial charge < -0.3 is 10.2 Å². The Morgan fingerprint density at radius 1 is 0.755 bits per heavy atom. The Balaban J connectivity index is 1.56. The lowest BCUT2D eigenvalue weighted by Gasteiger charge is -2.35. The molecule has 1 aliphatic carbocycles. The van der Waals surface area contributed by atoms with Gasteiger partial charge in [-0.3, -0.25) is 13.9 Å². The molecule has 1 saturated carbocycles. The lowest BCUT2D eigenvalue weighted by atomic mass is 9.94. The molecule has 7 nitrogen and oxygen atoms in total. The number of nitrogens with one attached hydrogen (secondary N) is 1. The molecule has 258 valence electrons. The number of rotatable bonds is 13. The van der Waals surface area contributed by atoms with Gasteiger partial charge in [0.05, 0.1) is 10.6 Å². The number of hydrogen-bond donors (Lipinski definition) is 1. The van der Waals surface area contributed by atoms with Crippen LogP contribution in [-0.4, -0.2) is 43.8 Å². The highest BCUT2D eigenvalue weighted by Crippen LogP contribution is 2.28. The molecule has 0 spiro atoms. The highest BCUT2D eigenvalue weighted by atomic mass is 32.2. The molecule has 2 amide bonds. The Bertz CT molecular complexity index is 1780. The SMILES string of the molecule is Cc1ccc(CN(C(=O)CN(c2ccc(C(C)C)cc2)S(=O)(=O)c2ccc(C)cc2)C(Cc2ccccc2)C(=O)NC2CCCCC2)cc1. The van der Waals surface area contributed by atoms with E-state index in [4.69, 9.17) is 0 Å². The van der Waals surface area contributed by atoms with E-state index in [1.54, 1.807) is 41.3 Å². The molecule has 0 heterocycles. The molecule has 49 heavy (non-hydrogen) atoms. The molecule has 1 atom stereocenters. The van der Waals surface area contributed by atoms with Crippen molar-refractivity contribution in [3.8, 4) is 0 Å². The van der Waals surface area contributed by atoms with Crippen LogP contribution in [0.15, 0.2) is 108 Å². The number of carbonyl (C=O) groups is 2. The van der Waals surface area contributed by atoms with Crippen molar-refractivity contribution in [3.05, 3.63) is 131 Å². The van der Waals surface area contributed by atoms with E-state index in [9.17, 15) is 18.0 Å². The van der Waals surface area contributed by atoms with Gasteiger partial charge in [0, 0.05) is 19.0 Å². The molecule has 1 fully saturated rings. The van der Waals surface area contributed by atoms with Crippen molar-refractivity contribution in [2.75, 3.05) is 10.8 Å². The summed E-state index contributed by atoms with van der Waals surface area (Å²) in [6, 6.07) is 30.8. The van der Waals surface area contributed by atoms with Gasteiger partial charge in [-0.15, -0.1) is 0 Å². The largest absolute Gasteiger partial charge is 0.352 e. The lowest BCUT2D eigenvalue weighted by Crippen LogP contribution is -2.55. The van der Waals surface area contributed by atoms with E-state index in [1.165, 1.54) is 4.31 Å². The van der Waals surface area contributed by atoms with Crippen molar-refractivity contribution in [2.24, 2.45) is 0 Å². The van der Waals surface area contributed by atoms with Gasteiger partial charge in [-0.2, -0.15) is 0 Å². The molecule has 4 aromatic rings. The number of carbonyl (C=O) groups excluding carboxylic acids is 2. The van der Waals surface area contributed by atoms with Gasteiger partial charge in [0.25, 0.3) is 10.0 Å². The Morgan fingerprint density at radius 2 is 1.35 bits per heavy atom. The fraction of sp³-hybridized carbons (Fsp3) is 0.366. The minimum Gasteiger partial charge on any atom is -0.352 e. The van der Waals surface area contributed by atoms with Crippen LogP contribution >= 0.6 is 0 Å². The van der Waals surface area contributed by atoms with Crippen LogP contribution in [0.5, 0.6) is 0 Å². The van der Waals surface area contributed by atoms with Gasteiger partial charge in [0.1, 0.15) is 12.6 Å². The fourth-order valence-electron chi connectivity index (χ4n) is 6.38. The van der Waals surface area contributed by atoms with Crippen molar-refractivity contribution in [3.63, 3.8) is 0 Å². The molecule has 0 aromatic heterocycles. The normalized spacial score (nSPS) is 14.3. The van der Waals surface area contributed by atoms with Crippen LogP contribution in [0.1, 0.15) is 79.7 Å². The van der Waals surface area contributed by atoms with E-state index < -0.39 is 28.5 Å². The summed E-state index contributed by atoms with van der Waals surface area (Å²) in [4.78, 5) is 30.7. The molecular weight excluding hydrogens is 631 g/mol.